The third-order valence-electron chi connectivity index (χ3n) is 3.38. The molecular weight excluding hydrogens is 298 g/mol. The summed E-state index contributed by atoms with van der Waals surface area (Å²) in [7, 11) is 0. The van der Waals surface area contributed by atoms with Gasteiger partial charge in [0.05, 0.1) is 18.8 Å². The zero-order chi connectivity index (χ0) is 15.9. The molecule has 0 unspecified atom stereocenters. The number of nitrogens with zero attached hydrogens (tertiary/aromatic N) is 2. The van der Waals surface area contributed by atoms with E-state index >= 15 is 0 Å². The Kier molecular flexibility index (Phi) is 6.67. The Labute approximate surface area is 136 Å². The Hall–Kier alpha value is -1.11. The van der Waals surface area contributed by atoms with Gasteiger partial charge in [-0.05, 0) is 19.1 Å². The SMILES string of the molecule is CC(C)Sc1ncccc1C(=O)N[C@H](C)CN1CCOCC1. The number of ether oxygens (including phenoxy) is 1. The number of rotatable bonds is 6. The number of nitrogens with one attached hydrogen (secondary N) is 1. The standard InChI is InChI=1S/C16H25N3O2S/c1-12(2)22-16-14(5-4-6-17-16)15(20)18-13(3)11-19-7-9-21-10-8-19/h4-6,12-13H,7-11H2,1-3H3,(H,18,20)/t13-/m1/s1. The monoisotopic (exact) mass is 323 g/mol. The van der Waals surface area contributed by atoms with E-state index in [-0.39, 0.29) is 11.9 Å². The van der Waals surface area contributed by atoms with Gasteiger partial charge in [-0.1, -0.05) is 13.8 Å². The van der Waals surface area contributed by atoms with Crippen molar-refractivity contribution in [2.45, 2.75) is 37.1 Å². The van der Waals surface area contributed by atoms with Crippen LogP contribution in [0.1, 0.15) is 31.1 Å². The van der Waals surface area contributed by atoms with Crippen LogP contribution in [0.25, 0.3) is 0 Å². The van der Waals surface area contributed by atoms with Crippen LogP contribution in [0, 0.1) is 0 Å². The van der Waals surface area contributed by atoms with Crippen molar-refractivity contribution in [2.24, 2.45) is 0 Å². The van der Waals surface area contributed by atoms with E-state index in [4.69, 9.17) is 4.74 Å². The van der Waals surface area contributed by atoms with Gasteiger partial charge in [0.25, 0.3) is 5.91 Å². The van der Waals surface area contributed by atoms with Gasteiger partial charge in [0.2, 0.25) is 0 Å². The van der Waals surface area contributed by atoms with E-state index in [9.17, 15) is 4.79 Å². The van der Waals surface area contributed by atoms with Crippen molar-refractivity contribution in [3.8, 4) is 0 Å². The highest BCUT2D eigenvalue weighted by molar-refractivity contribution is 7.99. The Balaban J connectivity index is 1.93. The Bertz CT molecular complexity index is 490. The predicted octanol–water partition coefficient (Wildman–Crippen LogP) is 2.03. The van der Waals surface area contributed by atoms with Crippen LogP contribution in [-0.2, 0) is 4.74 Å². The molecule has 1 aromatic heterocycles. The highest BCUT2D eigenvalue weighted by Crippen LogP contribution is 2.24. The Morgan fingerprint density at radius 2 is 2.14 bits per heavy atom. The number of amides is 1. The molecule has 2 rings (SSSR count). The molecule has 1 atom stereocenters. The third kappa shape index (κ3) is 5.26. The summed E-state index contributed by atoms with van der Waals surface area (Å²) >= 11 is 1.62. The molecule has 0 saturated carbocycles. The van der Waals surface area contributed by atoms with Crippen molar-refractivity contribution in [1.29, 1.82) is 0 Å². The number of carbonyl (C=O) groups excluding carboxylic acids is 1. The molecule has 0 radical (unpaired) electrons. The molecule has 1 saturated heterocycles. The van der Waals surface area contributed by atoms with Crippen LogP contribution in [0.3, 0.4) is 0 Å². The zero-order valence-electron chi connectivity index (χ0n) is 13.5. The fourth-order valence-electron chi connectivity index (χ4n) is 2.40. The first-order chi connectivity index (χ1) is 10.6. The average Bonchev–Trinajstić information content (AvgIpc) is 2.48. The quantitative estimate of drug-likeness (QED) is 0.812. The van der Waals surface area contributed by atoms with E-state index in [1.807, 2.05) is 19.1 Å². The van der Waals surface area contributed by atoms with Crippen molar-refractivity contribution in [3.05, 3.63) is 23.9 Å². The number of morpholine rings is 1. The van der Waals surface area contributed by atoms with Crippen LogP contribution >= 0.6 is 11.8 Å². The molecule has 1 aliphatic heterocycles. The minimum atomic E-state index is -0.0444. The molecule has 0 aliphatic carbocycles. The van der Waals surface area contributed by atoms with Crippen LogP contribution < -0.4 is 5.32 Å². The Morgan fingerprint density at radius 1 is 1.41 bits per heavy atom. The minimum Gasteiger partial charge on any atom is -0.379 e. The molecule has 5 nitrogen and oxygen atoms in total. The summed E-state index contributed by atoms with van der Waals surface area (Å²) in [5.41, 5.74) is 0.662. The van der Waals surface area contributed by atoms with E-state index < -0.39 is 0 Å². The maximum atomic E-state index is 12.5. The lowest BCUT2D eigenvalue weighted by atomic mass is 10.2. The number of pyridine rings is 1. The van der Waals surface area contributed by atoms with Crippen molar-refractivity contribution >= 4 is 17.7 Å². The van der Waals surface area contributed by atoms with E-state index in [2.05, 4.69) is 29.0 Å². The first kappa shape index (κ1) is 17.2. The second-order valence-electron chi connectivity index (χ2n) is 5.81. The van der Waals surface area contributed by atoms with Crippen LogP contribution in [0.5, 0.6) is 0 Å². The number of hydrogen-bond donors (Lipinski definition) is 1. The van der Waals surface area contributed by atoms with Gasteiger partial charge in [-0.25, -0.2) is 4.98 Å². The van der Waals surface area contributed by atoms with Gasteiger partial charge in [-0.3, -0.25) is 9.69 Å². The smallest absolute Gasteiger partial charge is 0.254 e. The van der Waals surface area contributed by atoms with Crippen LogP contribution in [0.4, 0.5) is 0 Å². The highest BCUT2D eigenvalue weighted by Gasteiger charge is 2.18. The van der Waals surface area contributed by atoms with Gasteiger partial charge < -0.3 is 10.1 Å². The van der Waals surface area contributed by atoms with Gasteiger partial charge in [0.15, 0.2) is 0 Å². The summed E-state index contributed by atoms with van der Waals surface area (Å²) in [5, 5.41) is 4.28. The molecule has 0 aromatic carbocycles. The van der Waals surface area contributed by atoms with Crippen LogP contribution in [0.2, 0.25) is 0 Å². The maximum absolute atomic E-state index is 12.5. The molecule has 1 aliphatic rings. The summed E-state index contributed by atoms with van der Waals surface area (Å²) in [5.74, 6) is -0.0444. The predicted molar refractivity (Wildman–Crippen MR) is 89.4 cm³/mol. The van der Waals surface area contributed by atoms with Gasteiger partial charge in [-0.15, -0.1) is 11.8 Å². The molecule has 0 spiro atoms. The Morgan fingerprint density at radius 3 is 2.82 bits per heavy atom. The van der Waals surface area contributed by atoms with Crippen molar-refractivity contribution in [1.82, 2.24) is 15.2 Å². The summed E-state index contributed by atoms with van der Waals surface area (Å²) in [4.78, 5) is 19.2. The molecule has 1 fully saturated rings. The lowest BCUT2D eigenvalue weighted by molar-refractivity contribution is 0.0342. The zero-order valence-corrected chi connectivity index (χ0v) is 14.4. The van der Waals surface area contributed by atoms with Crippen LogP contribution in [-0.4, -0.2) is 59.9 Å². The average molecular weight is 323 g/mol. The van der Waals surface area contributed by atoms with E-state index in [0.29, 0.717) is 10.8 Å². The van der Waals surface area contributed by atoms with Crippen molar-refractivity contribution in [3.63, 3.8) is 0 Å². The normalized spacial score (nSPS) is 17.5. The van der Waals surface area contributed by atoms with E-state index in [1.54, 1.807) is 18.0 Å². The number of thioether (sulfide) groups is 1. The fraction of sp³-hybridized carbons (Fsp3) is 0.625. The largest absolute Gasteiger partial charge is 0.379 e. The number of hydrogen-bond acceptors (Lipinski definition) is 5. The van der Waals surface area contributed by atoms with Crippen molar-refractivity contribution < 1.29 is 9.53 Å². The summed E-state index contributed by atoms with van der Waals surface area (Å²) < 4.78 is 5.34. The molecule has 6 heteroatoms. The second kappa shape index (κ2) is 8.50. The lowest BCUT2D eigenvalue weighted by Gasteiger charge is -2.29. The molecular formula is C16H25N3O2S. The van der Waals surface area contributed by atoms with Gasteiger partial charge in [-0.2, -0.15) is 0 Å². The maximum Gasteiger partial charge on any atom is 0.254 e. The number of aromatic nitrogens is 1. The van der Waals surface area contributed by atoms with E-state index in [1.165, 1.54) is 0 Å². The lowest BCUT2D eigenvalue weighted by Crippen LogP contribution is -2.46. The van der Waals surface area contributed by atoms with Crippen molar-refractivity contribution in [2.75, 3.05) is 32.8 Å². The summed E-state index contributed by atoms with van der Waals surface area (Å²) in [6.07, 6.45) is 1.73. The number of carbonyl (C=O) groups is 1. The fourth-order valence-corrected chi connectivity index (χ4v) is 3.25. The van der Waals surface area contributed by atoms with Gasteiger partial charge in [0, 0.05) is 37.1 Å². The summed E-state index contributed by atoms with van der Waals surface area (Å²) in [6, 6.07) is 3.75. The van der Waals surface area contributed by atoms with Gasteiger partial charge >= 0.3 is 0 Å². The molecule has 2 heterocycles. The molecule has 0 bridgehead atoms. The minimum absolute atomic E-state index is 0.0444. The summed E-state index contributed by atoms with van der Waals surface area (Å²) in [6.45, 7) is 10.5. The van der Waals surface area contributed by atoms with Gasteiger partial charge in [0.1, 0.15) is 5.03 Å². The van der Waals surface area contributed by atoms with E-state index in [0.717, 1.165) is 37.9 Å². The molecule has 1 N–H and O–H groups in total. The molecule has 122 valence electrons. The first-order valence-electron chi connectivity index (χ1n) is 7.79. The topological polar surface area (TPSA) is 54.5 Å². The third-order valence-corrected chi connectivity index (χ3v) is 4.40. The molecule has 1 amide bonds. The molecule has 22 heavy (non-hydrogen) atoms. The highest BCUT2D eigenvalue weighted by atomic mass is 32.2. The molecule has 1 aromatic rings. The second-order valence-corrected chi connectivity index (χ2v) is 7.38. The van der Waals surface area contributed by atoms with Crippen LogP contribution in [0.15, 0.2) is 23.4 Å². The first-order valence-corrected chi connectivity index (χ1v) is 8.67.